The molecule has 1 N–H and O–H groups in total. The number of ether oxygens (including phenoxy) is 2. The van der Waals surface area contributed by atoms with Gasteiger partial charge in [-0.2, -0.15) is 9.97 Å². The molecule has 1 aromatic carbocycles. The van der Waals surface area contributed by atoms with Crippen molar-refractivity contribution in [1.82, 2.24) is 15.0 Å². The van der Waals surface area contributed by atoms with Crippen LogP contribution in [0.4, 0.5) is 5.95 Å². The van der Waals surface area contributed by atoms with Gasteiger partial charge in [0.1, 0.15) is 5.75 Å². The van der Waals surface area contributed by atoms with Gasteiger partial charge >= 0.3 is 12.0 Å². The summed E-state index contributed by atoms with van der Waals surface area (Å²) in [5.41, 5.74) is 0. The van der Waals surface area contributed by atoms with Crippen LogP contribution in [0, 0.1) is 0 Å². The van der Waals surface area contributed by atoms with Crippen LogP contribution in [0.3, 0.4) is 0 Å². The van der Waals surface area contributed by atoms with Crippen molar-refractivity contribution in [3.63, 3.8) is 0 Å². The first-order chi connectivity index (χ1) is 9.22. The Balaban J connectivity index is 2.29. The Morgan fingerprint density at radius 2 is 1.89 bits per heavy atom. The molecule has 0 spiro atoms. The molecule has 0 bridgehead atoms. The van der Waals surface area contributed by atoms with Gasteiger partial charge in [0.05, 0.1) is 11.6 Å². The van der Waals surface area contributed by atoms with E-state index in [1.807, 2.05) is 31.2 Å². The van der Waals surface area contributed by atoms with Crippen LogP contribution in [0.5, 0.6) is 17.8 Å². The summed E-state index contributed by atoms with van der Waals surface area (Å²) in [6.07, 6.45) is 0. The molecule has 0 saturated heterocycles. The predicted molar refractivity (Wildman–Crippen MR) is 74.8 cm³/mol. The standard InChI is InChI=1S/C12H13BrN4O2/c1-3-14-10-15-11(18-2)17-12(16-10)19-9-7-5-4-6-8(9)13/h4-7H,3H2,1-2H3,(H,14,15,16,17). The van der Waals surface area contributed by atoms with Crippen molar-refractivity contribution in [2.75, 3.05) is 19.0 Å². The molecule has 0 amide bonds. The van der Waals surface area contributed by atoms with Crippen molar-refractivity contribution in [2.24, 2.45) is 0 Å². The lowest BCUT2D eigenvalue weighted by atomic mass is 10.3. The molecule has 0 radical (unpaired) electrons. The zero-order valence-corrected chi connectivity index (χ0v) is 12.1. The number of nitrogens with zero attached hydrogens (tertiary/aromatic N) is 3. The summed E-state index contributed by atoms with van der Waals surface area (Å²) < 4.78 is 11.4. The fourth-order valence-electron chi connectivity index (χ4n) is 1.34. The molecule has 100 valence electrons. The summed E-state index contributed by atoms with van der Waals surface area (Å²) in [6.45, 7) is 2.65. The van der Waals surface area contributed by atoms with Crippen LogP contribution >= 0.6 is 15.9 Å². The average molecular weight is 325 g/mol. The molecule has 19 heavy (non-hydrogen) atoms. The molecule has 0 aliphatic rings. The van der Waals surface area contributed by atoms with E-state index in [9.17, 15) is 0 Å². The third kappa shape index (κ3) is 3.54. The van der Waals surface area contributed by atoms with Gasteiger partial charge in [-0.15, -0.1) is 4.98 Å². The van der Waals surface area contributed by atoms with Crippen LogP contribution in [-0.4, -0.2) is 28.6 Å². The van der Waals surface area contributed by atoms with Gasteiger partial charge in [0.25, 0.3) is 0 Å². The normalized spacial score (nSPS) is 10.1. The number of anilines is 1. The summed E-state index contributed by atoms with van der Waals surface area (Å²) in [7, 11) is 1.49. The van der Waals surface area contributed by atoms with E-state index in [1.54, 1.807) is 0 Å². The number of hydrogen-bond donors (Lipinski definition) is 1. The Kier molecular flexibility index (Phi) is 4.51. The minimum atomic E-state index is 0.176. The maximum atomic E-state index is 5.61. The number of hydrogen-bond acceptors (Lipinski definition) is 6. The van der Waals surface area contributed by atoms with Gasteiger partial charge in [0.15, 0.2) is 0 Å². The second kappa shape index (κ2) is 6.33. The molecule has 0 aliphatic carbocycles. The third-order valence-electron chi connectivity index (χ3n) is 2.15. The molecule has 1 aromatic heterocycles. The number of benzene rings is 1. The Labute approximate surface area is 119 Å². The highest BCUT2D eigenvalue weighted by atomic mass is 79.9. The van der Waals surface area contributed by atoms with E-state index in [4.69, 9.17) is 9.47 Å². The van der Waals surface area contributed by atoms with E-state index in [1.165, 1.54) is 7.11 Å². The molecule has 7 heteroatoms. The van der Waals surface area contributed by atoms with Crippen molar-refractivity contribution in [3.05, 3.63) is 28.7 Å². The van der Waals surface area contributed by atoms with Gasteiger partial charge in [0.2, 0.25) is 5.95 Å². The fourth-order valence-corrected chi connectivity index (χ4v) is 1.70. The first-order valence-corrected chi connectivity index (χ1v) is 6.48. The SMILES string of the molecule is CCNc1nc(OC)nc(Oc2ccccc2Br)n1. The molecule has 0 aliphatic heterocycles. The van der Waals surface area contributed by atoms with E-state index in [2.05, 4.69) is 36.2 Å². The van der Waals surface area contributed by atoms with E-state index in [0.29, 0.717) is 18.2 Å². The van der Waals surface area contributed by atoms with Crippen LogP contribution in [0.25, 0.3) is 0 Å². The Morgan fingerprint density at radius 3 is 2.58 bits per heavy atom. The molecule has 2 rings (SSSR count). The molecular weight excluding hydrogens is 312 g/mol. The second-order valence-electron chi connectivity index (χ2n) is 3.49. The van der Waals surface area contributed by atoms with Gasteiger partial charge < -0.3 is 14.8 Å². The average Bonchev–Trinajstić information content (AvgIpc) is 2.41. The molecule has 2 aromatic rings. The summed E-state index contributed by atoms with van der Waals surface area (Å²) in [4.78, 5) is 12.3. The van der Waals surface area contributed by atoms with Gasteiger partial charge in [-0.05, 0) is 35.0 Å². The lowest BCUT2D eigenvalue weighted by Gasteiger charge is -2.08. The highest BCUT2D eigenvalue weighted by Gasteiger charge is 2.09. The van der Waals surface area contributed by atoms with Gasteiger partial charge in [-0.1, -0.05) is 12.1 Å². The first kappa shape index (κ1) is 13.5. The largest absolute Gasteiger partial charge is 0.467 e. The van der Waals surface area contributed by atoms with E-state index < -0.39 is 0 Å². The minimum absolute atomic E-state index is 0.176. The number of halogens is 1. The van der Waals surface area contributed by atoms with Gasteiger partial charge in [-0.3, -0.25) is 0 Å². The van der Waals surface area contributed by atoms with Gasteiger partial charge in [-0.25, -0.2) is 0 Å². The Hall–Kier alpha value is -1.89. The first-order valence-electron chi connectivity index (χ1n) is 5.69. The highest BCUT2D eigenvalue weighted by Crippen LogP contribution is 2.28. The topological polar surface area (TPSA) is 69.2 Å². The van der Waals surface area contributed by atoms with Crippen molar-refractivity contribution in [1.29, 1.82) is 0 Å². The zero-order chi connectivity index (χ0) is 13.7. The number of nitrogens with one attached hydrogen (secondary N) is 1. The number of rotatable bonds is 5. The maximum absolute atomic E-state index is 5.61. The molecule has 0 fully saturated rings. The zero-order valence-electron chi connectivity index (χ0n) is 10.6. The fraction of sp³-hybridized carbons (Fsp3) is 0.250. The number of para-hydroxylation sites is 1. The Morgan fingerprint density at radius 1 is 1.16 bits per heavy atom. The predicted octanol–water partition coefficient (Wildman–Crippen LogP) is 2.87. The highest BCUT2D eigenvalue weighted by molar-refractivity contribution is 9.10. The molecule has 0 unspecified atom stereocenters. The molecule has 0 atom stereocenters. The minimum Gasteiger partial charge on any atom is -0.467 e. The maximum Gasteiger partial charge on any atom is 0.330 e. The van der Waals surface area contributed by atoms with Gasteiger partial charge in [0, 0.05) is 6.54 Å². The monoisotopic (exact) mass is 324 g/mol. The smallest absolute Gasteiger partial charge is 0.330 e. The third-order valence-corrected chi connectivity index (χ3v) is 2.80. The molecular formula is C12H13BrN4O2. The summed E-state index contributed by atoms with van der Waals surface area (Å²) in [5.74, 6) is 1.04. The van der Waals surface area contributed by atoms with Crippen LogP contribution in [-0.2, 0) is 0 Å². The molecule has 0 saturated carbocycles. The Bertz CT molecular complexity index is 565. The van der Waals surface area contributed by atoms with Crippen molar-refractivity contribution < 1.29 is 9.47 Å². The van der Waals surface area contributed by atoms with Crippen molar-refractivity contribution >= 4 is 21.9 Å². The number of methoxy groups -OCH3 is 1. The second-order valence-corrected chi connectivity index (χ2v) is 4.35. The van der Waals surface area contributed by atoms with Crippen LogP contribution in [0.2, 0.25) is 0 Å². The molecule has 6 nitrogen and oxygen atoms in total. The van der Waals surface area contributed by atoms with E-state index in [-0.39, 0.29) is 12.0 Å². The summed E-state index contributed by atoms with van der Waals surface area (Å²) in [5, 5.41) is 2.99. The molecule has 1 heterocycles. The lowest BCUT2D eigenvalue weighted by Crippen LogP contribution is -2.06. The summed E-state index contributed by atoms with van der Waals surface area (Å²) in [6, 6.07) is 7.83. The van der Waals surface area contributed by atoms with E-state index in [0.717, 1.165) is 4.47 Å². The van der Waals surface area contributed by atoms with Crippen molar-refractivity contribution in [2.45, 2.75) is 6.92 Å². The van der Waals surface area contributed by atoms with Crippen LogP contribution in [0.15, 0.2) is 28.7 Å². The number of aromatic nitrogens is 3. The van der Waals surface area contributed by atoms with Crippen LogP contribution < -0.4 is 14.8 Å². The van der Waals surface area contributed by atoms with Crippen molar-refractivity contribution in [3.8, 4) is 17.8 Å². The van der Waals surface area contributed by atoms with E-state index >= 15 is 0 Å². The lowest BCUT2D eigenvalue weighted by molar-refractivity contribution is 0.359. The summed E-state index contributed by atoms with van der Waals surface area (Å²) >= 11 is 3.40. The quantitative estimate of drug-likeness (QED) is 0.912. The van der Waals surface area contributed by atoms with Crippen LogP contribution in [0.1, 0.15) is 6.92 Å².